The second-order valence-electron chi connectivity index (χ2n) is 6.82. The first-order valence-electron chi connectivity index (χ1n) is 7.69. The summed E-state index contributed by atoms with van der Waals surface area (Å²) in [6, 6.07) is 0. The van der Waals surface area contributed by atoms with Crippen molar-refractivity contribution in [3.8, 4) is 0 Å². The van der Waals surface area contributed by atoms with E-state index in [4.69, 9.17) is 9.47 Å². The van der Waals surface area contributed by atoms with Crippen LogP contribution in [0.25, 0.3) is 0 Å². The molecule has 0 aromatic heterocycles. The average Bonchev–Trinajstić information content (AvgIpc) is 2.41. The molecule has 4 nitrogen and oxygen atoms in total. The fourth-order valence-corrected chi connectivity index (χ4v) is 1.77. The van der Waals surface area contributed by atoms with Gasteiger partial charge in [0.25, 0.3) is 5.92 Å². The number of ether oxygens (including phenoxy) is 2. The summed E-state index contributed by atoms with van der Waals surface area (Å²) in [5.74, 6) is -6.41. The quantitative estimate of drug-likeness (QED) is 0.600. The maximum atomic E-state index is 14.2. The molecule has 0 fully saturated rings. The molecule has 0 heterocycles. The van der Waals surface area contributed by atoms with Gasteiger partial charge >= 0.3 is 11.9 Å². The molecule has 0 aliphatic heterocycles. The van der Waals surface area contributed by atoms with Crippen LogP contribution in [-0.2, 0) is 19.1 Å². The Labute approximate surface area is 135 Å². The predicted octanol–water partition coefficient (Wildman–Crippen LogP) is 3.77. The summed E-state index contributed by atoms with van der Waals surface area (Å²) in [5, 5.41) is 0. The third-order valence-corrected chi connectivity index (χ3v) is 3.31. The van der Waals surface area contributed by atoms with Crippen LogP contribution >= 0.6 is 0 Å². The molecule has 0 aliphatic rings. The molecular formula is C16H27F3O4. The maximum Gasteiger partial charge on any atom is 0.318 e. The summed E-state index contributed by atoms with van der Waals surface area (Å²) in [4.78, 5) is 23.9. The number of rotatable bonds is 9. The first-order valence-corrected chi connectivity index (χ1v) is 7.69. The molecular weight excluding hydrogens is 313 g/mol. The zero-order valence-corrected chi connectivity index (χ0v) is 14.6. The van der Waals surface area contributed by atoms with Gasteiger partial charge in [0.1, 0.15) is 5.41 Å². The molecule has 0 aromatic rings. The monoisotopic (exact) mass is 340 g/mol. The summed E-state index contributed by atoms with van der Waals surface area (Å²) in [6.07, 6.45) is -3.56. The van der Waals surface area contributed by atoms with E-state index in [9.17, 15) is 22.8 Å². The summed E-state index contributed by atoms with van der Waals surface area (Å²) in [6.45, 7) is 8.45. The van der Waals surface area contributed by atoms with E-state index in [-0.39, 0.29) is 25.0 Å². The summed E-state index contributed by atoms with van der Waals surface area (Å²) in [5.41, 5.74) is -2.62. The van der Waals surface area contributed by atoms with Crippen molar-refractivity contribution in [2.75, 3.05) is 13.2 Å². The molecule has 0 saturated carbocycles. The van der Waals surface area contributed by atoms with Gasteiger partial charge in [-0.05, 0) is 25.7 Å². The third kappa shape index (κ3) is 6.03. The lowest BCUT2D eigenvalue weighted by atomic mass is 9.78. The molecule has 0 radical (unpaired) electrons. The number of halogens is 3. The van der Waals surface area contributed by atoms with Gasteiger partial charge in [-0.3, -0.25) is 9.59 Å². The minimum atomic E-state index is -4.06. The van der Waals surface area contributed by atoms with Crippen LogP contribution in [0, 0.1) is 17.3 Å². The molecule has 0 amide bonds. The van der Waals surface area contributed by atoms with Crippen molar-refractivity contribution in [3.63, 3.8) is 0 Å². The SMILES string of the molecule is CC(C)COC(=O)CC(C)(C(=O)OCC(C)C)C(F)(F)C(C)F. The minimum Gasteiger partial charge on any atom is -0.465 e. The number of carbonyl (C=O) groups excluding carboxylic acids is 2. The van der Waals surface area contributed by atoms with E-state index in [1.165, 1.54) is 0 Å². The van der Waals surface area contributed by atoms with Gasteiger partial charge in [-0.1, -0.05) is 27.7 Å². The van der Waals surface area contributed by atoms with Crippen LogP contribution in [0.1, 0.15) is 48.0 Å². The van der Waals surface area contributed by atoms with Gasteiger partial charge < -0.3 is 9.47 Å². The number of carbonyl (C=O) groups is 2. The van der Waals surface area contributed by atoms with Crippen molar-refractivity contribution in [3.05, 3.63) is 0 Å². The fraction of sp³-hybridized carbons (Fsp3) is 0.875. The number of hydrogen-bond acceptors (Lipinski definition) is 4. The molecule has 0 N–H and O–H groups in total. The molecule has 136 valence electrons. The lowest BCUT2D eigenvalue weighted by Gasteiger charge is -2.35. The molecule has 0 aromatic carbocycles. The Hall–Kier alpha value is -1.27. The van der Waals surface area contributed by atoms with Gasteiger partial charge in [0.2, 0.25) is 0 Å². The Morgan fingerprint density at radius 3 is 1.78 bits per heavy atom. The zero-order chi connectivity index (χ0) is 18.4. The lowest BCUT2D eigenvalue weighted by molar-refractivity contribution is -0.203. The molecule has 0 saturated heterocycles. The third-order valence-electron chi connectivity index (χ3n) is 3.31. The topological polar surface area (TPSA) is 52.6 Å². The van der Waals surface area contributed by atoms with Crippen LogP contribution < -0.4 is 0 Å². The number of alkyl halides is 3. The first kappa shape index (κ1) is 21.7. The second kappa shape index (κ2) is 8.55. The van der Waals surface area contributed by atoms with E-state index in [1.807, 2.05) is 0 Å². The van der Waals surface area contributed by atoms with Gasteiger partial charge in [0.15, 0.2) is 6.17 Å². The Kier molecular flexibility index (Phi) is 8.07. The Morgan fingerprint density at radius 1 is 0.957 bits per heavy atom. The summed E-state index contributed by atoms with van der Waals surface area (Å²) < 4.78 is 51.6. The smallest absolute Gasteiger partial charge is 0.318 e. The highest BCUT2D eigenvalue weighted by molar-refractivity contribution is 5.84. The highest BCUT2D eigenvalue weighted by Crippen LogP contribution is 2.44. The normalized spacial score (nSPS) is 16.1. The van der Waals surface area contributed by atoms with Crippen molar-refractivity contribution in [1.29, 1.82) is 0 Å². The van der Waals surface area contributed by atoms with Crippen LogP contribution in [0.4, 0.5) is 13.2 Å². The van der Waals surface area contributed by atoms with Crippen molar-refractivity contribution < 1.29 is 32.2 Å². The standard InChI is InChI=1S/C16H27F3O4/c1-10(2)8-22-13(20)7-15(6,16(18,19)12(5)17)14(21)23-9-11(3)4/h10-12H,7-9H2,1-6H3. The van der Waals surface area contributed by atoms with Crippen molar-refractivity contribution >= 4 is 11.9 Å². The largest absolute Gasteiger partial charge is 0.465 e. The van der Waals surface area contributed by atoms with E-state index in [0.717, 1.165) is 6.92 Å². The fourth-order valence-electron chi connectivity index (χ4n) is 1.77. The van der Waals surface area contributed by atoms with E-state index in [2.05, 4.69) is 0 Å². The summed E-state index contributed by atoms with van der Waals surface area (Å²) in [7, 11) is 0. The molecule has 0 bridgehead atoms. The van der Waals surface area contributed by atoms with E-state index in [1.54, 1.807) is 27.7 Å². The lowest BCUT2D eigenvalue weighted by Crippen LogP contribution is -2.52. The molecule has 2 atom stereocenters. The van der Waals surface area contributed by atoms with Crippen LogP contribution in [0.2, 0.25) is 0 Å². The van der Waals surface area contributed by atoms with E-state index in [0.29, 0.717) is 6.92 Å². The van der Waals surface area contributed by atoms with Crippen LogP contribution in [0.15, 0.2) is 0 Å². The van der Waals surface area contributed by atoms with Crippen LogP contribution in [0.3, 0.4) is 0 Å². The molecule has 0 rings (SSSR count). The molecule has 2 unspecified atom stereocenters. The maximum absolute atomic E-state index is 14.2. The van der Waals surface area contributed by atoms with Crippen LogP contribution in [0.5, 0.6) is 0 Å². The second-order valence-corrected chi connectivity index (χ2v) is 6.82. The Morgan fingerprint density at radius 2 is 1.39 bits per heavy atom. The molecule has 7 heteroatoms. The van der Waals surface area contributed by atoms with Crippen molar-refractivity contribution in [2.24, 2.45) is 17.3 Å². The Bertz CT molecular complexity index is 408. The molecule has 23 heavy (non-hydrogen) atoms. The highest BCUT2D eigenvalue weighted by atomic mass is 19.3. The zero-order valence-electron chi connectivity index (χ0n) is 14.6. The van der Waals surface area contributed by atoms with Crippen molar-refractivity contribution in [2.45, 2.75) is 60.1 Å². The van der Waals surface area contributed by atoms with Crippen LogP contribution in [-0.4, -0.2) is 37.2 Å². The molecule has 0 spiro atoms. The van der Waals surface area contributed by atoms with E-state index >= 15 is 0 Å². The predicted molar refractivity (Wildman–Crippen MR) is 79.8 cm³/mol. The van der Waals surface area contributed by atoms with E-state index < -0.39 is 35.9 Å². The van der Waals surface area contributed by atoms with Gasteiger partial charge in [0.05, 0.1) is 19.6 Å². The van der Waals surface area contributed by atoms with Gasteiger partial charge in [-0.2, -0.15) is 0 Å². The Balaban J connectivity index is 5.30. The van der Waals surface area contributed by atoms with Gasteiger partial charge in [-0.25, -0.2) is 13.2 Å². The first-order chi connectivity index (χ1) is 10.3. The van der Waals surface area contributed by atoms with Crippen molar-refractivity contribution in [1.82, 2.24) is 0 Å². The summed E-state index contributed by atoms with van der Waals surface area (Å²) >= 11 is 0. The molecule has 0 aliphatic carbocycles. The van der Waals surface area contributed by atoms with Gasteiger partial charge in [-0.15, -0.1) is 0 Å². The highest BCUT2D eigenvalue weighted by Gasteiger charge is 2.61. The van der Waals surface area contributed by atoms with Gasteiger partial charge in [0, 0.05) is 0 Å². The number of hydrogen-bond donors (Lipinski definition) is 0. The number of esters is 2. The average molecular weight is 340 g/mol. The minimum absolute atomic E-state index is 0.0127.